The zero-order valence-electron chi connectivity index (χ0n) is 10.1. The molecule has 0 saturated heterocycles. The molecule has 19 heavy (non-hydrogen) atoms. The van der Waals surface area contributed by atoms with Gasteiger partial charge in [-0.2, -0.15) is 0 Å². The van der Waals surface area contributed by atoms with Gasteiger partial charge in [-0.1, -0.05) is 13.3 Å². The van der Waals surface area contributed by atoms with Crippen LogP contribution in [-0.2, 0) is 19.1 Å². The molecule has 0 unspecified atom stereocenters. The molecule has 108 valence electrons. The number of rotatable bonds is 6. The number of halogens is 2. The van der Waals surface area contributed by atoms with Gasteiger partial charge >= 0.3 is 0 Å². The average Bonchev–Trinajstić information content (AvgIpc) is 2.24. The highest BCUT2D eigenvalue weighted by Crippen LogP contribution is 2.28. The van der Waals surface area contributed by atoms with E-state index in [2.05, 4.69) is 20.7 Å². The van der Waals surface area contributed by atoms with E-state index in [0.717, 1.165) is 6.42 Å². The molecule has 1 N–H and O–H groups in total. The molecule has 0 atom stereocenters. The van der Waals surface area contributed by atoms with Crippen molar-refractivity contribution in [2.75, 3.05) is 10.5 Å². The molecule has 0 aromatic heterocycles. The maximum Gasteiger partial charge on any atom is 0.262 e. The van der Waals surface area contributed by atoms with Crippen LogP contribution in [0.5, 0.6) is 0 Å². The summed E-state index contributed by atoms with van der Waals surface area (Å²) < 4.78 is 48.3. The maximum absolute atomic E-state index is 11.7. The van der Waals surface area contributed by atoms with E-state index in [9.17, 15) is 16.8 Å². The topological polar surface area (TPSA) is 80.3 Å². The lowest BCUT2D eigenvalue weighted by Gasteiger charge is -2.09. The van der Waals surface area contributed by atoms with Crippen molar-refractivity contribution >= 4 is 51.4 Å². The Morgan fingerprint density at radius 1 is 1.26 bits per heavy atom. The van der Waals surface area contributed by atoms with Crippen molar-refractivity contribution in [2.24, 2.45) is 0 Å². The molecule has 5 nitrogen and oxygen atoms in total. The lowest BCUT2D eigenvalue weighted by atomic mass is 10.3. The van der Waals surface area contributed by atoms with Crippen molar-refractivity contribution < 1.29 is 16.8 Å². The highest BCUT2D eigenvalue weighted by molar-refractivity contribution is 9.10. The van der Waals surface area contributed by atoms with Gasteiger partial charge in [-0.15, -0.1) is 0 Å². The van der Waals surface area contributed by atoms with Gasteiger partial charge in [0, 0.05) is 20.8 Å². The van der Waals surface area contributed by atoms with Crippen molar-refractivity contribution in [3.05, 3.63) is 22.7 Å². The maximum atomic E-state index is 11.7. The normalized spacial score (nSPS) is 12.4. The average molecular weight is 391 g/mol. The first-order valence-corrected chi connectivity index (χ1v) is 10.2. The fraction of sp³-hybridized carbons (Fsp3) is 0.400. The Morgan fingerprint density at radius 2 is 1.89 bits per heavy atom. The van der Waals surface area contributed by atoms with E-state index in [1.807, 2.05) is 6.92 Å². The zero-order valence-corrected chi connectivity index (χ0v) is 14.0. The van der Waals surface area contributed by atoms with Crippen molar-refractivity contribution in [3.63, 3.8) is 0 Å². The summed E-state index contributed by atoms with van der Waals surface area (Å²) in [6.07, 6.45) is 1.33. The predicted molar refractivity (Wildman–Crippen MR) is 79.5 cm³/mol. The van der Waals surface area contributed by atoms with E-state index < -0.39 is 19.1 Å². The summed E-state index contributed by atoms with van der Waals surface area (Å²) in [7, 11) is -2.05. The second-order valence-electron chi connectivity index (χ2n) is 3.86. The predicted octanol–water partition coefficient (Wildman–Crippen LogP) is 2.92. The third-order valence-corrected chi connectivity index (χ3v) is 5.91. The second kappa shape index (κ2) is 6.43. The van der Waals surface area contributed by atoms with Gasteiger partial charge in [0.1, 0.15) is 0 Å². The van der Waals surface area contributed by atoms with E-state index in [1.165, 1.54) is 18.2 Å². The van der Waals surface area contributed by atoms with Crippen LogP contribution >= 0.6 is 26.6 Å². The van der Waals surface area contributed by atoms with Gasteiger partial charge in [0.05, 0.1) is 10.6 Å². The van der Waals surface area contributed by atoms with Crippen molar-refractivity contribution in [3.8, 4) is 0 Å². The van der Waals surface area contributed by atoms with Gasteiger partial charge in [0.25, 0.3) is 9.05 Å². The van der Waals surface area contributed by atoms with Crippen LogP contribution < -0.4 is 4.72 Å². The van der Waals surface area contributed by atoms with E-state index in [-0.39, 0.29) is 20.8 Å². The Labute approximate surface area is 126 Å². The lowest BCUT2D eigenvalue weighted by Crippen LogP contribution is -2.16. The summed E-state index contributed by atoms with van der Waals surface area (Å²) in [4.78, 5) is -0.106. The number of anilines is 1. The van der Waals surface area contributed by atoms with E-state index in [4.69, 9.17) is 10.7 Å². The van der Waals surface area contributed by atoms with Crippen LogP contribution in [0.15, 0.2) is 27.6 Å². The minimum absolute atomic E-state index is 0.0245. The molecule has 0 aliphatic carbocycles. The van der Waals surface area contributed by atoms with Crippen molar-refractivity contribution in [1.82, 2.24) is 0 Å². The third-order valence-electron chi connectivity index (χ3n) is 2.23. The highest BCUT2D eigenvalue weighted by Gasteiger charge is 2.16. The number of benzene rings is 1. The second-order valence-corrected chi connectivity index (χ2v) is 9.09. The van der Waals surface area contributed by atoms with Gasteiger partial charge in [-0.05, 0) is 40.5 Å². The Balaban J connectivity index is 2.97. The molecule has 0 aliphatic rings. The molecule has 1 aromatic carbocycles. The summed E-state index contributed by atoms with van der Waals surface area (Å²) in [5.74, 6) is 0.0245. The van der Waals surface area contributed by atoms with E-state index >= 15 is 0 Å². The number of hydrogen-bond donors (Lipinski definition) is 1. The first-order valence-electron chi connectivity index (χ1n) is 5.40. The molecule has 0 radical (unpaired) electrons. The van der Waals surface area contributed by atoms with Crippen LogP contribution in [0.2, 0.25) is 0 Å². The molecule has 1 rings (SSSR count). The molecule has 0 bridgehead atoms. The largest absolute Gasteiger partial charge is 0.284 e. The third kappa shape index (κ3) is 5.29. The van der Waals surface area contributed by atoms with Gasteiger partial charge in [0.2, 0.25) is 10.0 Å². The SMILES string of the molecule is CCCCS(=O)(=O)Nc1ccc(S(=O)(=O)Cl)c(Br)c1. The van der Waals surface area contributed by atoms with Crippen LogP contribution in [-0.4, -0.2) is 22.6 Å². The molecule has 1 aromatic rings. The lowest BCUT2D eigenvalue weighted by molar-refractivity contribution is 0.597. The zero-order chi connectivity index (χ0) is 14.7. The van der Waals surface area contributed by atoms with Crippen molar-refractivity contribution in [1.29, 1.82) is 0 Å². The number of nitrogens with one attached hydrogen (secondary N) is 1. The molecule has 0 heterocycles. The standard InChI is InChI=1S/C10H13BrClNO4S2/c1-2-3-6-18(14,15)13-8-4-5-10(9(11)7-8)19(12,16)17/h4-5,7,13H,2-3,6H2,1H3. The minimum atomic E-state index is -3.86. The van der Waals surface area contributed by atoms with Crippen LogP contribution in [0.4, 0.5) is 5.69 Å². The van der Waals surface area contributed by atoms with E-state index in [0.29, 0.717) is 6.42 Å². The number of unbranched alkanes of at least 4 members (excludes halogenated alkanes) is 1. The molecule has 0 spiro atoms. The summed E-state index contributed by atoms with van der Waals surface area (Å²) in [5.41, 5.74) is 0.284. The summed E-state index contributed by atoms with van der Waals surface area (Å²) in [6.45, 7) is 1.90. The van der Waals surface area contributed by atoms with Crippen LogP contribution in [0, 0.1) is 0 Å². The molecular formula is C10H13BrClNO4S2. The minimum Gasteiger partial charge on any atom is -0.284 e. The Kier molecular flexibility index (Phi) is 5.66. The molecular weight excluding hydrogens is 378 g/mol. The first-order chi connectivity index (χ1) is 8.65. The first kappa shape index (κ1) is 16.7. The van der Waals surface area contributed by atoms with Gasteiger partial charge in [-0.25, -0.2) is 16.8 Å². The molecule has 0 amide bonds. The Bertz CT molecular complexity index is 658. The molecule has 9 heteroatoms. The fourth-order valence-corrected chi connectivity index (χ4v) is 4.81. The van der Waals surface area contributed by atoms with E-state index in [1.54, 1.807) is 0 Å². The van der Waals surface area contributed by atoms with Crippen LogP contribution in [0.25, 0.3) is 0 Å². The summed E-state index contributed by atoms with van der Waals surface area (Å²) >= 11 is 3.04. The molecule has 0 fully saturated rings. The highest BCUT2D eigenvalue weighted by atomic mass is 79.9. The van der Waals surface area contributed by atoms with Crippen LogP contribution in [0.1, 0.15) is 19.8 Å². The molecule has 0 aliphatic heterocycles. The van der Waals surface area contributed by atoms with Crippen LogP contribution in [0.3, 0.4) is 0 Å². The van der Waals surface area contributed by atoms with Gasteiger partial charge in [-0.3, -0.25) is 4.72 Å². The smallest absolute Gasteiger partial charge is 0.262 e. The van der Waals surface area contributed by atoms with Gasteiger partial charge in [0.15, 0.2) is 0 Å². The Morgan fingerprint density at radius 3 is 2.37 bits per heavy atom. The molecule has 0 saturated carbocycles. The van der Waals surface area contributed by atoms with Gasteiger partial charge < -0.3 is 0 Å². The summed E-state index contributed by atoms with van der Waals surface area (Å²) in [6, 6.07) is 3.95. The quantitative estimate of drug-likeness (QED) is 0.757. The monoisotopic (exact) mass is 389 g/mol. The fourth-order valence-electron chi connectivity index (χ4n) is 1.33. The summed E-state index contributed by atoms with van der Waals surface area (Å²) in [5, 5.41) is 0. The number of sulfonamides is 1. The Hall–Kier alpha value is -0.310. The number of hydrogen-bond acceptors (Lipinski definition) is 4. The van der Waals surface area contributed by atoms with Crippen molar-refractivity contribution in [2.45, 2.75) is 24.7 Å².